The molecule has 1 amide bonds. The standard InChI is InChI=1S/C20H18N2O3S/c1-25-20(24)13-16(14-7-3-2-4-8-14)21-18(23)11-12-19-22-15-9-5-6-10-17(15)26-19/h2-12,16H,13H2,1H3,(H,21,23). The van der Waals surface area contributed by atoms with Gasteiger partial charge in [-0.25, -0.2) is 4.98 Å². The Bertz CT molecular complexity index is 901. The first kappa shape index (κ1) is 17.8. The van der Waals surface area contributed by atoms with Crippen LogP contribution < -0.4 is 5.32 Å². The number of rotatable bonds is 6. The SMILES string of the molecule is COC(=O)CC(NC(=O)C=Cc1nc2ccccc2s1)c1ccccc1. The molecule has 5 nitrogen and oxygen atoms in total. The molecule has 0 bridgehead atoms. The van der Waals surface area contributed by atoms with Crippen LogP contribution in [0.5, 0.6) is 0 Å². The molecule has 0 aliphatic carbocycles. The molecule has 0 fully saturated rings. The van der Waals surface area contributed by atoms with Crippen molar-refractivity contribution in [3.8, 4) is 0 Å². The second-order valence-corrected chi connectivity index (χ2v) is 6.67. The Hall–Kier alpha value is -2.99. The van der Waals surface area contributed by atoms with E-state index in [-0.39, 0.29) is 18.3 Å². The lowest BCUT2D eigenvalue weighted by molar-refractivity contribution is -0.141. The van der Waals surface area contributed by atoms with Crippen LogP contribution in [0.4, 0.5) is 0 Å². The first-order chi connectivity index (χ1) is 12.7. The highest BCUT2D eigenvalue weighted by Gasteiger charge is 2.17. The van der Waals surface area contributed by atoms with Gasteiger partial charge in [-0.3, -0.25) is 9.59 Å². The molecule has 3 aromatic rings. The molecule has 1 atom stereocenters. The summed E-state index contributed by atoms with van der Waals surface area (Å²) in [6, 6.07) is 16.7. The van der Waals surface area contributed by atoms with Crippen molar-refractivity contribution in [2.24, 2.45) is 0 Å². The number of nitrogens with zero attached hydrogens (tertiary/aromatic N) is 1. The van der Waals surface area contributed by atoms with Gasteiger partial charge < -0.3 is 10.1 Å². The second kappa shape index (κ2) is 8.40. The largest absolute Gasteiger partial charge is 0.469 e. The number of carbonyl (C=O) groups excluding carboxylic acids is 2. The molecule has 0 spiro atoms. The number of aromatic nitrogens is 1. The maximum absolute atomic E-state index is 12.3. The lowest BCUT2D eigenvalue weighted by Gasteiger charge is -2.17. The van der Waals surface area contributed by atoms with E-state index in [2.05, 4.69) is 10.3 Å². The van der Waals surface area contributed by atoms with Crippen molar-refractivity contribution in [2.75, 3.05) is 7.11 Å². The van der Waals surface area contributed by atoms with Crippen molar-refractivity contribution >= 4 is 39.5 Å². The first-order valence-electron chi connectivity index (χ1n) is 8.11. The Morgan fingerprint density at radius 3 is 2.62 bits per heavy atom. The third-order valence-corrected chi connectivity index (χ3v) is 4.81. The average Bonchev–Trinajstić information content (AvgIpc) is 3.09. The van der Waals surface area contributed by atoms with Gasteiger partial charge in [0, 0.05) is 6.08 Å². The van der Waals surface area contributed by atoms with Crippen molar-refractivity contribution in [1.82, 2.24) is 10.3 Å². The third-order valence-electron chi connectivity index (χ3n) is 3.80. The number of ether oxygens (including phenoxy) is 1. The monoisotopic (exact) mass is 366 g/mol. The minimum atomic E-state index is -0.448. The minimum absolute atomic E-state index is 0.0707. The van der Waals surface area contributed by atoms with Crippen molar-refractivity contribution in [3.63, 3.8) is 0 Å². The zero-order valence-electron chi connectivity index (χ0n) is 14.2. The summed E-state index contributed by atoms with van der Waals surface area (Å²) in [7, 11) is 1.33. The van der Waals surface area contributed by atoms with Crippen LogP contribution in [-0.4, -0.2) is 24.0 Å². The number of fused-ring (bicyclic) bond motifs is 1. The number of hydrogen-bond acceptors (Lipinski definition) is 5. The van der Waals surface area contributed by atoms with Gasteiger partial charge in [0.05, 0.1) is 29.8 Å². The Morgan fingerprint density at radius 1 is 1.15 bits per heavy atom. The van der Waals surface area contributed by atoms with E-state index in [1.165, 1.54) is 24.5 Å². The molecule has 0 saturated heterocycles. The Labute approximate surface area is 155 Å². The molecular weight excluding hydrogens is 348 g/mol. The summed E-state index contributed by atoms with van der Waals surface area (Å²) in [4.78, 5) is 28.4. The summed E-state index contributed by atoms with van der Waals surface area (Å²) in [6.45, 7) is 0. The number of nitrogens with one attached hydrogen (secondary N) is 1. The molecule has 26 heavy (non-hydrogen) atoms. The maximum atomic E-state index is 12.3. The van der Waals surface area contributed by atoms with Gasteiger partial charge in [-0.15, -0.1) is 11.3 Å². The van der Waals surface area contributed by atoms with E-state index in [9.17, 15) is 9.59 Å². The number of esters is 1. The molecule has 0 aliphatic heterocycles. The summed E-state index contributed by atoms with van der Waals surface area (Å²) in [5, 5.41) is 3.61. The normalized spacial score (nSPS) is 12.2. The lowest BCUT2D eigenvalue weighted by Crippen LogP contribution is -2.29. The number of amides is 1. The Morgan fingerprint density at radius 2 is 1.88 bits per heavy atom. The molecule has 0 radical (unpaired) electrons. The molecule has 2 aromatic carbocycles. The molecule has 1 N–H and O–H groups in total. The van der Waals surface area contributed by atoms with Crippen LogP contribution in [0.2, 0.25) is 0 Å². The van der Waals surface area contributed by atoms with Crippen molar-refractivity contribution in [3.05, 3.63) is 71.2 Å². The Balaban J connectivity index is 1.71. The van der Waals surface area contributed by atoms with Crippen LogP contribution in [0.15, 0.2) is 60.7 Å². The zero-order valence-corrected chi connectivity index (χ0v) is 15.0. The number of hydrogen-bond donors (Lipinski definition) is 1. The molecule has 0 aliphatic rings. The minimum Gasteiger partial charge on any atom is -0.469 e. The van der Waals surface area contributed by atoms with E-state index in [1.807, 2.05) is 54.6 Å². The highest BCUT2D eigenvalue weighted by atomic mass is 32.1. The van der Waals surface area contributed by atoms with E-state index in [4.69, 9.17) is 4.74 Å². The van der Waals surface area contributed by atoms with Gasteiger partial charge in [0.25, 0.3) is 0 Å². The van der Waals surface area contributed by atoms with Gasteiger partial charge in [-0.1, -0.05) is 42.5 Å². The molecular formula is C20H18N2O3S. The van der Waals surface area contributed by atoms with Crippen LogP contribution in [0, 0.1) is 0 Å². The Kier molecular flexibility index (Phi) is 5.76. The molecule has 1 aromatic heterocycles. The zero-order chi connectivity index (χ0) is 18.4. The predicted molar refractivity (Wildman–Crippen MR) is 103 cm³/mol. The van der Waals surface area contributed by atoms with Crippen LogP contribution in [0.25, 0.3) is 16.3 Å². The van der Waals surface area contributed by atoms with E-state index in [1.54, 1.807) is 6.08 Å². The van der Waals surface area contributed by atoms with Gasteiger partial charge in [0.1, 0.15) is 5.01 Å². The van der Waals surface area contributed by atoms with Crippen molar-refractivity contribution in [2.45, 2.75) is 12.5 Å². The fraction of sp³-hybridized carbons (Fsp3) is 0.150. The van der Waals surface area contributed by atoms with Gasteiger partial charge >= 0.3 is 5.97 Å². The number of para-hydroxylation sites is 1. The van der Waals surface area contributed by atoms with Gasteiger partial charge in [-0.2, -0.15) is 0 Å². The topological polar surface area (TPSA) is 68.3 Å². The molecule has 1 heterocycles. The molecule has 3 rings (SSSR count). The first-order valence-corrected chi connectivity index (χ1v) is 8.93. The lowest BCUT2D eigenvalue weighted by atomic mass is 10.0. The van der Waals surface area contributed by atoms with Gasteiger partial charge in [-0.05, 0) is 23.8 Å². The summed E-state index contributed by atoms with van der Waals surface area (Å²) in [6.07, 6.45) is 3.19. The third kappa shape index (κ3) is 4.55. The quantitative estimate of drug-likeness (QED) is 0.533. The predicted octanol–water partition coefficient (Wildman–Crippen LogP) is 3.73. The number of methoxy groups -OCH3 is 1. The van der Waals surface area contributed by atoms with Crippen molar-refractivity contribution < 1.29 is 14.3 Å². The molecule has 1 unspecified atom stereocenters. The summed E-state index contributed by atoms with van der Waals surface area (Å²) in [5.74, 6) is -0.670. The average molecular weight is 366 g/mol. The van der Waals surface area contributed by atoms with E-state index < -0.39 is 6.04 Å². The maximum Gasteiger partial charge on any atom is 0.307 e. The second-order valence-electron chi connectivity index (χ2n) is 5.61. The van der Waals surface area contributed by atoms with Crippen LogP contribution in [0.1, 0.15) is 23.0 Å². The molecule has 6 heteroatoms. The van der Waals surface area contributed by atoms with Crippen LogP contribution in [0.3, 0.4) is 0 Å². The molecule has 132 valence electrons. The highest BCUT2D eigenvalue weighted by Crippen LogP contribution is 2.22. The van der Waals surface area contributed by atoms with E-state index in [0.717, 1.165) is 20.8 Å². The summed E-state index contributed by atoms with van der Waals surface area (Å²) < 4.78 is 5.80. The van der Waals surface area contributed by atoms with Gasteiger partial charge in [0.2, 0.25) is 5.91 Å². The van der Waals surface area contributed by atoms with Gasteiger partial charge in [0.15, 0.2) is 0 Å². The number of benzene rings is 2. The van der Waals surface area contributed by atoms with Crippen molar-refractivity contribution in [1.29, 1.82) is 0 Å². The highest BCUT2D eigenvalue weighted by molar-refractivity contribution is 7.19. The molecule has 0 saturated carbocycles. The fourth-order valence-electron chi connectivity index (χ4n) is 2.52. The van der Waals surface area contributed by atoms with Crippen LogP contribution >= 0.6 is 11.3 Å². The smallest absolute Gasteiger partial charge is 0.307 e. The van der Waals surface area contributed by atoms with Crippen LogP contribution in [-0.2, 0) is 14.3 Å². The van der Waals surface area contributed by atoms with E-state index in [0.29, 0.717) is 0 Å². The summed E-state index contributed by atoms with van der Waals surface area (Å²) in [5.41, 5.74) is 1.75. The number of carbonyl (C=O) groups is 2. The fourth-order valence-corrected chi connectivity index (χ4v) is 3.39. The number of thiazole rings is 1. The summed E-state index contributed by atoms with van der Waals surface area (Å²) >= 11 is 1.52. The van der Waals surface area contributed by atoms with E-state index >= 15 is 0 Å².